The predicted octanol–water partition coefficient (Wildman–Crippen LogP) is 4.89. The van der Waals surface area contributed by atoms with Crippen molar-refractivity contribution in [1.82, 2.24) is 15.1 Å². The van der Waals surface area contributed by atoms with Crippen molar-refractivity contribution in [1.29, 1.82) is 0 Å². The molecule has 4 rings (SSSR count). The van der Waals surface area contributed by atoms with Gasteiger partial charge in [0.2, 0.25) is 0 Å². The van der Waals surface area contributed by atoms with Crippen LogP contribution in [0.5, 0.6) is 5.75 Å². The average molecular weight is 426 g/mol. The van der Waals surface area contributed by atoms with Crippen molar-refractivity contribution < 1.29 is 9.90 Å². The van der Waals surface area contributed by atoms with Crippen LogP contribution >= 0.6 is 15.9 Å². The number of phenols is 1. The fourth-order valence-corrected chi connectivity index (χ4v) is 4.08. The van der Waals surface area contributed by atoms with Crippen molar-refractivity contribution in [2.24, 2.45) is 0 Å². The third kappa shape index (κ3) is 3.04. The summed E-state index contributed by atoms with van der Waals surface area (Å²) < 4.78 is 0.962. The number of nitrogens with one attached hydrogen (secondary N) is 1. The van der Waals surface area contributed by atoms with Crippen LogP contribution in [0, 0.1) is 0 Å². The lowest BCUT2D eigenvalue weighted by atomic mass is 9.95. The van der Waals surface area contributed by atoms with E-state index in [2.05, 4.69) is 33.1 Å². The molecule has 1 unspecified atom stereocenters. The van der Waals surface area contributed by atoms with E-state index in [0.717, 1.165) is 28.4 Å². The molecule has 3 aromatic rings. The van der Waals surface area contributed by atoms with Gasteiger partial charge in [-0.25, -0.2) is 0 Å². The summed E-state index contributed by atoms with van der Waals surface area (Å²) in [5.74, 6) is 0.108. The van der Waals surface area contributed by atoms with Gasteiger partial charge >= 0.3 is 0 Å². The summed E-state index contributed by atoms with van der Waals surface area (Å²) in [5.41, 5.74) is 3.61. The molecule has 0 saturated carbocycles. The smallest absolute Gasteiger partial charge is 0.273 e. The van der Waals surface area contributed by atoms with E-state index in [0.29, 0.717) is 23.5 Å². The Balaban J connectivity index is 1.89. The van der Waals surface area contributed by atoms with Crippen LogP contribution in [0.2, 0.25) is 0 Å². The molecule has 0 bridgehead atoms. The average Bonchev–Trinajstić information content (AvgIpc) is 3.20. The molecule has 1 aliphatic rings. The van der Waals surface area contributed by atoms with Gasteiger partial charge in [-0.1, -0.05) is 53.5 Å². The van der Waals surface area contributed by atoms with Crippen LogP contribution in [-0.2, 0) is 0 Å². The van der Waals surface area contributed by atoms with E-state index in [1.807, 2.05) is 41.3 Å². The number of H-pyrrole nitrogens is 1. The topological polar surface area (TPSA) is 69.2 Å². The Morgan fingerprint density at radius 3 is 2.78 bits per heavy atom. The lowest BCUT2D eigenvalue weighted by Gasteiger charge is -2.26. The highest BCUT2D eigenvalue weighted by Gasteiger charge is 2.42. The molecule has 0 radical (unpaired) electrons. The molecule has 0 fully saturated rings. The number of carbonyl (C=O) groups excluding carboxylic acids is 1. The van der Waals surface area contributed by atoms with E-state index < -0.39 is 0 Å². The number of phenolic OH excluding ortho intramolecular Hbond substituents is 1. The van der Waals surface area contributed by atoms with Gasteiger partial charge in [0.15, 0.2) is 0 Å². The Labute approximate surface area is 166 Å². The zero-order valence-electron chi connectivity index (χ0n) is 14.9. The first-order valence-electron chi connectivity index (χ1n) is 9.05. The Bertz CT molecular complexity index is 999. The van der Waals surface area contributed by atoms with Gasteiger partial charge in [-0.2, -0.15) is 5.10 Å². The van der Waals surface area contributed by atoms with Crippen molar-refractivity contribution in [3.05, 3.63) is 69.8 Å². The highest BCUT2D eigenvalue weighted by molar-refractivity contribution is 9.10. The summed E-state index contributed by atoms with van der Waals surface area (Å²) in [6.07, 6.45) is 1.94. The van der Waals surface area contributed by atoms with Gasteiger partial charge in [0, 0.05) is 22.1 Å². The fraction of sp³-hybridized carbons (Fsp3) is 0.238. The highest BCUT2D eigenvalue weighted by Crippen LogP contribution is 2.44. The summed E-state index contributed by atoms with van der Waals surface area (Å²) in [6, 6.07) is 14.9. The number of rotatable bonds is 5. The quantitative estimate of drug-likeness (QED) is 0.611. The molecule has 6 heteroatoms. The molecule has 0 aliphatic carbocycles. The van der Waals surface area contributed by atoms with E-state index >= 15 is 0 Å². The molecule has 2 aromatic carbocycles. The molecule has 1 atom stereocenters. The van der Waals surface area contributed by atoms with Crippen LogP contribution in [0.4, 0.5) is 0 Å². The molecule has 0 saturated heterocycles. The molecule has 1 aromatic heterocycles. The Hall–Kier alpha value is -2.60. The van der Waals surface area contributed by atoms with E-state index in [1.54, 1.807) is 12.1 Å². The number of unbranched alkanes of at least 4 members (excludes halogenated alkanes) is 1. The standard InChI is InChI=1S/C21H20BrN3O2/c1-2-3-11-25-20(13-7-6-8-14(22)12-13)17-18(23-24-19(17)21(25)27)15-9-4-5-10-16(15)26/h4-10,12,20,26H,2-3,11H2,1H3,(H,23,24). The summed E-state index contributed by atoms with van der Waals surface area (Å²) >= 11 is 3.54. The number of aromatic nitrogens is 2. The molecular weight excluding hydrogens is 406 g/mol. The van der Waals surface area contributed by atoms with E-state index in [1.165, 1.54) is 0 Å². The summed E-state index contributed by atoms with van der Waals surface area (Å²) in [7, 11) is 0. The van der Waals surface area contributed by atoms with Gasteiger partial charge < -0.3 is 10.0 Å². The number of amides is 1. The SMILES string of the molecule is CCCCN1C(=O)c2[nH]nc(-c3ccccc3O)c2C1c1cccc(Br)c1. The molecule has 5 nitrogen and oxygen atoms in total. The van der Waals surface area contributed by atoms with Gasteiger partial charge in [-0.15, -0.1) is 0 Å². The number of aromatic amines is 1. The van der Waals surface area contributed by atoms with Crippen LogP contribution in [0.15, 0.2) is 53.0 Å². The number of fused-ring (bicyclic) bond motifs is 1. The number of aromatic hydroxyl groups is 1. The number of hydrogen-bond acceptors (Lipinski definition) is 3. The van der Waals surface area contributed by atoms with Crippen molar-refractivity contribution in [3.8, 4) is 17.0 Å². The van der Waals surface area contributed by atoms with Crippen LogP contribution in [0.25, 0.3) is 11.3 Å². The number of hydrogen-bond donors (Lipinski definition) is 2. The minimum Gasteiger partial charge on any atom is -0.507 e. The van der Waals surface area contributed by atoms with Crippen molar-refractivity contribution in [3.63, 3.8) is 0 Å². The first kappa shape index (κ1) is 17.8. The minimum absolute atomic E-state index is 0.0439. The number of nitrogens with zero attached hydrogens (tertiary/aromatic N) is 2. The number of para-hydroxylation sites is 1. The van der Waals surface area contributed by atoms with Crippen LogP contribution in [-0.4, -0.2) is 32.7 Å². The maximum Gasteiger partial charge on any atom is 0.273 e. The van der Waals surface area contributed by atoms with Gasteiger partial charge in [-0.05, 0) is 36.2 Å². The number of carbonyl (C=O) groups is 1. The third-order valence-corrected chi connectivity index (χ3v) is 5.43. The molecule has 27 heavy (non-hydrogen) atoms. The monoisotopic (exact) mass is 425 g/mol. The van der Waals surface area contributed by atoms with Crippen molar-refractivity contribution >= 4 is 21.8 Å². The van der Waals surface area contributed by atoms with Crippen LogP contribution < -0.4 is 0 Å². The molecular formula is C21H20BrN3O2. The molecule has 2 N–H and O–H groups in total. The molecule has 138 valence electrons. The van der Waals surface area contributed by atoms with Gasteiger partial charge in [0.25, 0.3) is 5.91 Å². The molecule has 1 aliphatic heterocycles. The fourth-order valence-electron chi connectivity index (χ4n) is 3.66. The largest absolute Gasteiger partial charge is 0.507 e. The molecule has 0 spiro atoms. The second kappa shape index (κ2) is 7.19. The lowest BCUT2D eigenvalue weighted by Crippen LogP contribution is -2.30. The van der Waals surface area contributed by atoms with Gasteiger partial charge in [0.1, 0.15) is 17.1 Å². The normalized spacial score (nSPS) is 16.0. The van der Waals surface area contributed by atoms with Crippen molar-refractivity contribution in [2.75, 3.05) is 6.54 Å². The molecule has 2 heterocycles. The highest BCUT2D eigenvalue weighted by atomic mass is 79.9. The minimum atomic E-state index is -0.232. The van der Waals surface area contributed by atoms with Gasteiger partial charge in [-0.3, -0.25) is 9.89 Å². The molecule has 1 amide bonds. The second-order valence-corrected chi connectivity index (χ2v) is 7.60. The summed E-state index contributed by atoms with van der Waals surface area (Å²) in [5, 5.41) is 17.6. The maximum atomic E-state index is 13.1. The van der Waals surface area contributed by atoms with E-state index in [-0.39, 0.29) is 17.7 Å². The zero-order valence-corrected chi connectivity index (χ0v) is 16.5. The zero-order chi connectivity index (χ0) is 19.0. The Kier molecular flexibility index (Phi) is 4.74. The van der Waals surface area contributed by atoms with Crippen molar-refractivity contribution in [2.45, 2.75) is 25.8 Å². The number of halogens is 1. The second-order valence-electron chi connectivity index (χ2n) is 6.69. The predicted molar refractivity (Wildman–Crippen MR) is 108 cm³/mol. The Morgan fingerprint density at radius 2 is 2.04 bits per heavy atom. The summed E-state index contributed by atoms with van der Waals surface area (Å²) in [6.45, 7) is 2.79. The first-order valence-corrected chi connectivity index (χ1v) is 9.84. The maximum absolute atomic E-state index is 13.1. The Morgan fingerprint density at radius 1 is 1.22 bits per heavy atom. The first-order chi connectivity index (χ1) is 13.1. The summed E-state index contributed by atoms with van der Waals surface area (Å²) in [4.78, 5) is 15.0. The van der Waals surface area contributed by atoms with Crippen LogP contribution in [0.1, 0.15) is 47.4 Å². The third-order valence-electron chi connectivity index (χ3n) is 4.94. The lowest BCUT2D eigenvalue weighted by molar-refractivity contribution is 0.0741. The number of benzene rings is 2. The van der Waals surface area contributed by atoms with E-state index in [9.17, 15) is 9.90 Å². The van der Waals surface area contributed by atoms with Gasteiger partial charge in [0.05, 0.1) is 6.04 Å². The van der Waals surface area contributed by atoms with E-state index in [4.69, 9.17) is 0 Å². The van der Waals surface area contributed by atoms with Crippen LogP contribution in [0.3, 0.4) is 0 Å².